The second-order valence-corrected chi connectivity index (χ2v) is 3.15. The smallest absolute Gasteiger partial charge is 0.0934 e. The fraction of sp³-hybridized carbons (Fsp3) is 0.455. The molecule has 0 spiro atoms. The normalized spacial score (nSPS) is 10.3. The van der Waals surface area contributed by atoms with Gasteiger partial charge in [0.2, 0.25) is 0 Å². The molecule has 0 saturated heterocycles. The van der Waals surface area contributed by atoms with E-state index in [0.29, 0.717) is 13.0 Å². The Morgan fingerprint density at radius 1 is 1.15 bits per heavy atom. The number of nitrogens with two attached hydrogens (primary N) is 1. The molecule has 0 atom stereocenters. The minimum atomic E-state index is -0.277. The van der Waals surface area contributed by atoms with Crippen LogP contribution in [0.1, 0.15) is 17.5 Å². The summed E-state index contributed by atoms with van der Waals surface area (Å²) in [5.74, 6) is 0. The van der Waals surface area contributed by atoms with Crippen LogP contribution in [-0.4, -0.2) is 13.2 Å². The molecule has 0 fully saturated rings. The van der Waals surface area contributed by atoms with Crippen molar-refractivity contribution in [2.75, 3.05) is 13.2 Å². The topological polar surface area (TPSA) is 26.0 Å². The van der Waals surface area contributed by atoms with Crippen LogP contribution in [0.2, 0.25) is 0 Å². The summed E-state index contributed by atoms with van der Waals surface area (Å²) in [6, 6.07) is 8.08. The van der Waals surface area contributed by atoms with Gasteiger partial charge in [0.1, 0.15) is 0 Å². The van der Waals surface area contributed by atoms with Crippen LogP contribution in [0.3, 0.4) is 0 Å². The van der Waals surface area contributed by atoms with Crippen molar-refractivity contribution in [1.82, 2.24) is 0 Å². The summed E-state index contributed by atoms with van der Waals surface area (Å²) in [7, 11) is 0. The van der Waals surface area contributed by atoms with Crippen LogP contribution >= 0.6 is 0 Å². The van der Waals surface area contributed by atoms with Gasteiger partial charge in [-0.15, -0.1) is 0 Å². The number of benzene rings is 1. The molecule has 0 heterocycles. The summed E-state index contributed by atoms with van der Waals surface area (Å²) in [5, 5.41) is 0. The lowest BCUT2D eigenvalue weighted by molar-refractivity contribution is 0.495. The lowest BCUT2D eigenvalue weighted by atomic mass is 10.1. The molecule has 0 aliphatic heterocycles. The van der Waals surface area contributed by atoms with Gasteiger partial charge in [-0.2, -0.15) is 0 Å². The number of halogens is 1. The highest BCUT2D eigenvalue weighted by Gasteiger charge is 1.95. The van der Waals surface area contributed by atoms with Crippen molar-refractivity contribution in [1.29, 1.82) is 0 Å². The van der Waals surface area contributed by atoms with Crippen LogP contribution < -0.4 is 5.73 Å². The number of aryl methyl sites for hydroxylation is 2. The molecule has 1 aromatic rings. The Labute approximate surface area is 78.8 Å². The molecule has 13 heavy (non-hydrogen) atoms. The van der Waals surface area contributed by atoms with Crippen LogP contribution in [0.25, 0.3) is 0 Å². The van der Waals surface area contributed by atoms with Crippen molar-refractivity contribution < 1.29 is 4.39 Å². The number of rotatable bonds is 5. The van der Waals surface area contributed by atoms with Crippen LogP contribution in [0.5, 0.6) is 0 Å². The zero-order valence-corrected chi connectivity index (χ0v) is 7.80. The van der Waals surface area contributed by atoms with Gasteiger partial charge in [0.05, 0.1) is 6.67 Å². The molecule has 0 aliphatic carbocycles. The first-order valence-electron chi connectivity index (χ1n) is 4.70. The summed E-state index contributed by atoms with van der Waals surface area (Å²) in [4.78, 5) is 0. The highest BCUT2D eigenvalue weighted by molar-refractivity contribution is 5.23. The minimum absolute atomic E-state index is 0.277. The molecule has 72 valence electrons. The Hall–Kier alpha value is -0.890. The van der Waals surface area contributed by atoms with Crippen molar-refractivity contribution in [3.63, 3.8) is 0 Å². The van der Waals surface area contributed by atoms with Gasteiger partial charge in [-0.05, 0) is 30.5 Å². The molecule has 0 aliphatic rings. The Kier molecular flexibility index (Phi) is 4.47. The number of hydrogen-bond acceptors (Lipinski definition) is 1. The third-order valence-electron chi connectivity index (χ3n) is 2.04. The van der Waals surface area contributed by atoms with Crippen LogP contribution in [0.4, 0.5) is 4.39 Å². The first kappa shape index (κ1) is 10.2. The molecule has 0 amide bonds. The summed E-state index contributed by atoms with van der Waals surface area (Å²) in [6.07, 6.45) is 2.52. The SMILES string of the molecule is NCCCc1cccc(CCF)c1. The van der Waals surface area contributed by atoms with E-state index in [9.17, 15) is 4.39 Å². The molecule has 1 rings (SSSR count). The van der Waals surface area contributed by atoms with Crippen LogP contribution in [0.15, 0.2) is 24.3 Å². The van der Waals surface area contributed by atoms with Gasteiger partial charge in [0.25, 0.3) is 0 Å². The fourth-order valence-corrected chi connectivity index (χ4v) is 1.36. The van der Waals surface area contributed by atoms with E-state index >= 15 is 0 Å². The Morgan fingerprint density at radius 2 is 1.85 bits per heavy atom. The maximum absolute atomic E-state index is 12.0. The van der Waals surface area contributed by atoms with E-state index in [-0.39, 0.29) is 6.67 Å². The lowest BCUT2D eigenvalue weighted by Crippen LogP contribution is -2.00. The second-order valence-electron chi connectivity index (χ2n) is 3.15. The van der Waals surface area contributed by atoms with E-state index in [1.54, 1.807) is 0 Å². The number of alkyl halides is 1. The van der Waals surface area contributed by atoms with Crippen molar-refractivity contribution in [3.05, 3.63) is 35.4 Å². The van der Waals surface area contributed by atoms with Crippen LogP contribution in [0, 0.1) is 0 Å². The third-order valence-corrected chi connectivity index (χ3v) is 2.04. The maximum atomic E-state index is 12.0. The van der Waals surface area contributed by atoms with Crippen molar-refractivity contribution >= 4 is 0 Å². The Morgan fingerprint density at radius 3 is 2.46 bits per heavy atom. The first-order chi connectivity index (χ1) is 6.36. The Balaban J connectivity index is 2.56. The average Bonchev–Trinajstić information content (AvgIpc) is 2.16. The zero-order valence-electron chi connectivity index (χ0n) is 7.80. The predicted molar refractivity (Wildman–Crippen MR) is 53.5 cm³/mol. The molecule has 1 aromatic carbocycles. The molecule has 0 unspecified atom stereocenters. The molecule has 0 radical (unpaired) electrons. The quantitative estimate of drug-likeness (QED) is 0.739. The predicted octanol–water partition coefficient (Wildman–Crippen LogP) is 2.09. The zero-order chi connectivity index (χ0) is 9.52. The Bertz CT molecular complexity index is 248. The van der Waals surface area contributed by atoms with Crippen LogP contribution in [-0.2, 0) is 12.8 Å². The van der Waals surface area contributed by atoms with Gasteiger partial charge >= 0.3 is 0 Å². The average molecular weight is 181 g/mol. The van der Waals surface area contributed by atoms with E-state index in [1.807, 2.05) is 12.1 Å². The van der Waals surface area contributed by atoms with Gasteiger partial charge in [-0.1, -0.05) is 24.3 Å². The number of hydrogen-bond donors (Lipinski definition) is 1. The van der Waals surface area contributed by atoms with Gasteiger partial charge in [0, 0.05) is 6.42 Å². The summed E-state index contributed by atoms with van der Waals surface area (Å²) < 4.78 is 12.0. The molecule has 2 heteroatoms. The maximum Gasteiger partial charge on any atom is 0.0934 e. The molecular weight excluding hydrogens is 165 g/mol. The summed E-state index contributed by atoms with van der Waals surface area (Å²) in [6.45, 7) is 0.438. The monoisotopic (exact) mass is 181 g/mol. The van der Waals surface area contributed by atoms with Gasteiger partial charge in [-0.25, -0.2) is 0 Å². The molecule has 1 nitrogen and oxygen atoms in total. The standard InChI is InChI=1S/C11H16FN/c12-7-6-11-4-1-3-10(9-11)5-2-8-13/h1,3-4,9H,2,5-8,13H2. The van der Waals surface area contributed by atoms with Gasteiger partial charge in [-0.3, -0.25) is 4.39 Å². The van der Waals surface area contributed by atoms with Gasteiger partial charge < -0.3 is 5.73 Å². The van der Waals surface area contributed by atoms with E-state index < -0.39 is 0 Å². The first-order valence-corrected chi connectivity index (χ1v) is 4.70. The fourth-order valence-electron chi connectivity index (χ4n) is 1.36. The molecule has 0 saturated carbocycles. The molecule has 2 N–H and O–H groups in total. The van der Waals surface area contributed by atoms with Crippen molar-refractivity contribution in [3.8, 4) is 0 Å². The minimum Gasteiger partial charge on any atom is -0.330 e. The van der Waals surface area contributed by atoms with E-state index in [4.69, 9.17) is 5.73 Å². The van der Waals surface area contributed by atoms with E-state index in [2.05, 4.69) is 12.1 Å². The van der Waals surface area contributed by atoms with E-state index in [0.717, 1.165) is 18.4 Å². The highest BCUT2D eigenvalue weighted by Crippen LogP contribution is 2.08. The largest absolute Gasteiger partial charge is 0.330 e. The van der Waals surface area contributed by atoms with E-state index in [1.165, 1.54) is 5.56 Å². The van der Waals surface area contributed by atoms with Crippen molar-refractivity contribution in [2.24, 2.45) is 5.73 Å². The summed E-state index contributed by atoms with van der Waals surface area (Å²) >= 11 is 0. The second kappa shape index (κ2) is 5.70. The van der Waals surface area contributed by atoms with Crippen molar-refractivity contribution in [2.45, 2.75) is 19.3 Å². The lowest BCUT2D eigenvalue weighted by Gasteiger charge is -2.02. The third kappa shape index (κ3) is 3.55. The highest BCUT2D eigenvalue weighted by atomic mass is 19.1. The van der Waals surface area contributed by atoms with Gasteiger partial charge in [0.15, 0.2) is 0 Å². The molecule has 0 aromatic heterocycles. The molecular formula is C11H16FN. The molecule has 0 bridgehead atoms. The summed E-state index contributed by atoms with van der Waals surface area (Å²) in [5.41, 5.74) is 7.75.